The molecular formula is C14H19FOP. The van der Waals surface area contributed by atoms with Crippen molar-refractivity contribution in [2.24, 2.45) is 5.92 Å². The molecule has 1 aromatic rings. The summed E-state index contributed by atoms with van der Waals surface area (Å²) in [4.78, 5) is 0. The maximum Gasteiger partial charge on any atom is 0.137 e. The molecular weight excluding hydrogens is 234 g/mol. The van der Waals surface area contributed by atoms with Crippen molar-refractivity contribution in [3.63, 3.8) is 0 Å². The Balaban J connectivity index is 2.11. The third-order valence-corrected chi connectivity index (χ3v) is 5.79. The smallest absolute Gasteiger partial charge is 0.137 e. The van der Waals surface area contributed by atoms with Gasteiger partial charge in [-0.2, -0.15) is 0 Å². The Kier molecular flexibility index (Phi) is 4.28. The van der Waals surface area contributed by atoms with Gasteiger partial charge >= 0.3 is 0 Å². The van der Waals surface area contributed by atoms with Crippen LogP contribution in [0, 0.1) is 11.7 Å². The van der Waals surface area contributed by atoms with Gasteiger partial charge in [0.15, 0.2) is 0 Å². The zero-order valence-electron chi connectivity index (χ0n) is 10.2. The first-order valence-electron chi connectivity index (χ1n) is 6.41. The predicted molar refractivity (Wildman–Crippen MR) is 69.7 cm³/mol. The van der Waals surface area contributed by atoms with Crippen molar-refractivity contribution in [3.05, 3.63) is 30.1 Å². The summed E-state index contributed by atoms with van der Waals surface area (Å²) in [7, 11) is -1.61. The zero-order valence-corrected chi connectivity index (χ0v) is 11.1. The number of rotatable bonds is 3. The van der Waals surface area contributed by atoms with Crippen LogP contribution >= 0.6 is 7.80 Å². The van der Waals surface area contributed by atoms with Crippen LogP contribution in [0.25, 0.3) is 0 Å². The predicted octanol–water partition coefficient (Wildman–Crippen LogP) is 4.25. The number of hydrogen-bond donors (Lipinski definition) is 0. The lowest BCUT2D eigenvalue weighted by Crippen LogP contribution is -2.21. The molecule has 0 bridgehead atoms. The third kappa shape index (κ3) is 2.93. The minimum atomic E-state index is -1.61. The lowest BCUT2D eigenvalue weighted by atomic mass is 9.87. The van der Waals surface area contributed by atoms with E-state index in [1.54, 1.807) is 18.2 Å². The molecule has 3 heteroatoms. The molecule has 2 atom stereocenters. The SMILES string of the molecule is CC(C1CCCCC1)[P](=O)c1ccccc1F. The molecule has 0 heterocycles. The van der Waals surface area contributed by atoms with Crippen molar-refractivity contribution < 1.29 is 8.96 Å². The second-order valence-corrected chi connectivity index (χ2v) is 6.86. The Labute approximate surface area is 103 Å². The van der Waals surface area contributed by atoms with Crippen LogP contribution in [-0.4, -0.2) is 5.66 Å². The summed E-state index contributed by atoms with van der Waals surface area (Å²) in [5, 5.41) is 0.403. The fourth-order valence-corrected chi connectivity index (χ4v) is 4.30. The minimum Gasteiger partial charge on any atom is -0.281 e. The lowest BCUT2D eigenvalue weighted by Gasteiger charge is -2.26. The van der Waals surface area contributed by atoms with Crippen LogP contribution in [-0.2, 0) is 4.57 Å². The zero-order chi connectivity index (χ0) is 12.3. The second kappa shape index (κ2) is 5.73. The monoisotopic (exact) mass is 253 g/mol. The van der Waals surface area contributed by atoms with Crippen LogP contribution in [0.3, 0.4) is 0 Å². The molecule has 2 unspecified atom stereocenters. The molecule has 1 nitrogen and oxygen atoms in total. The Hall–Kier alpha value is -0.750. The number of halogens is 1. The van der Waals surface area contributed by atoms with Gasteiger partial charge in [-0.15, -0.1) is 0 Å². The van der Waals surface area contributed by atoms with E-state index in [2.05, 4.69) is 0 Å². The van der Waals surface area contributed by atoms with Crippen molar-refractivity contribution in [2.75, 3.05) is 0 Å². The van der Waals surface area contributed by atoms with Gasteiger partial charge in [-0.1, -0.05) is 38.3 Å². The van der Waals surface area contributed by atoms with E-state index in [0.29, 0.717) is 11.2 Å². The number of benzene rings is 1. The summed E-state index contributed by atoms with van der Waals surface area (Å²) in [6.45, 7) is 2.02. The van der Waals surface area contributed by atoms with E-state index < -0.39 is 7.80 Å². The van der Waals surface area contributed by atoms with Gasteiger partial charge in [-0.05, 0) is 30.9 Å². The second-order valence-electron chi connectivity index (χ2n) is 4.92. The molecule has 0 saturated heterocycles. The van der Waals surface area contributed by atoms with Crippen LogP contribution in [0.4, 0.5) is 4.39 Å². The van der Waals surface area contributed by atoms with Crippen LogP contribution in [0.2, 0.25) is 0 Å². The molecule has 1 aliphatic rings. The molecule has 0 spiro atoms. The first-order chi connectivity index (χ1) is 8.20. The highest BCUT2D eigenvalue weighted by Gasteiger charge is 2.27. The van der Waals surface area contributed by atoms with Gasteiger partial charge in [-0.25, -0.2) is 4.39 Å². The molecule has 17 heavy (non-hydrogen) atoms. The number of hydrogen-bond acceptors (Lipinski definition) is 1. The quantitative estimate of drug-likeness (QED) is 0.736. The van der Waals surface area contributed by atoms with E-state index in [-0.39, 0.29) is 11.5 Å². The fraction of sp³-hybridized carbons (Fsp3) is 0.571. The van der Waals surface area contributed by atoms with Gasteiger partial charge in [0, 0.05) is 5.66 Å². The average molecular weight is 253 g/mol. The van der Waals surface area contributed by atoms with Crippen molar-refractivity contribution in [3.8, 4) is 0 Å². The van der Waals surface area contributed by atoms with E-state index in [9.17, 15) is 8.96 Å². The van der Waals surface area contributed by atoms with Gasteiger partial charge in [0.05, 0.1) is 5.30 Å². The molecule has 93 valence electrons. The average Bonchev–Trinajstić information content (AvgIpc) is 2.39. The Morgan fingerprint density at radius 1 is 1.24 bits per heavy atom. The minimum absolute atomic E-state index is 0.0993. The molecule has 1 fully saturated rings. The molecule has 0 aliphatic heterocycles. The van der Waals surface area contributed by atoms with Gasteiger partial charge in [0.1, 0.15) is 13.6 Å². The van der Waals surface area contributed by atoms with Crippen LogP contribution in [0.1, 0.15) is 39.0 Å². The summed E-state index contributed by atoms with van der Waals surface area (Å²) in [5.74, 6) is 0.184. The van der Waals surface area contributed by atoms with Crippen LogP contribution in [0.5, 0.6) is 0 Å². The summed E-state index contributed by atoms with van der Waals surface area (Å²) in [6.07, 6.45) is 6.05. The Morgan fingerprint density at radius 2 is 1.88 bits per heavy atom. The maximum atomic E-state index is 13.6. The molecule has 2 rings (SSSR count). The van der Waals surface area contributed by atoms with Crippen LogP contribution in [0.15, 0.2) is 24.3 Å². The topological polar surface area (TPSA) is 17.1 Å². The van der Waals surface area contributed by atoms with Gasteiger partial charge in [0.2, 0.25) is 0 Å². The van der Waals surface area contributed by atoms with E-state index in [1.165, 1.54) is 25.3 Å². The molecule has 0 aromatic heterocycles. The van der Waals surface area contributed by atoms with Gasteiger partial charge < -0.3 is 0 Å². The first-order valence-corrected chi connectivity index (χ1v) is 7.74. The summed E-state index contributed by atoms with van der Waals surface area (Å²) >= 11 is 0. The van der Waals surface area contributed by atoms with Crippen molar-refractivity contribution >= 4 is 13.1 Å². The Bertz CT molecular complexity index is 399. The Morgan fingerprint density at radius 3 is 2.53 bits per heavy atom. The van der Waals surface area contributed by atoms with Crippen LogP contribution < -0.4 is 5.30 Å². The van der Waals surface area contributed by atoms with Gasteiger partial charge in [0.25, 0.3) is 0 Å². The first kappa shape index (κ1) is 12.7. The highest BCUT2D eigenvalue weighted by molar-refractivity contribution is 7.54. The van der Waals surface area contributed by atoms with Crippen molar-refractivity contribution in [1.82, 2.24) is 0 Å². The molecule has 1 radical (unpaired) electrons. The molecule has 1 saturated carbocycles. The standard InChI is InChI=1S/C14H19FOP/c1-11(12-7-3-2-4-8-12)17(16)14-10-6-5-9-13(14)15/h5-6,9-12H,2-4,7-8H2,1H3. The largest absolute Gasteiger partial charge is 0.281 e. The molecule has 1 aromatic carbocycles. The fourth-order valence-electron chi connectivity index (χ4n) is 2.66. The third-order valence-electron chi connectivity index (χ3n) is 3.79. The summed E-state index contributed by atoms with van der Waals surface area (Å²) < 4.78 is 26.0. The normalized spacial score (nSPS) is 20.0. The molecule has 0 N–H and O–H groups in total. The lowest BCUT2D eigenvalue weighted by molar-refractivity contribution is 0.351. The maximum absolute atomic E-state index is 13.6. The highest BCUT2D eigenvalue weighted by atomic mass is 31.1. The molecule has 1 aliphatic carbocycles. The van der Waals surface area contributed by atoms with Gasteiger partial charge in [-0.3, -0.25) is 4.57 Å². The summed E-state index contributed by atoms with van der Waals surface area (Å²) in [5.41, 5.74) is 0.0993. The van der Waals surface area contributed by atoms with E-state index in [4.69, 9.17) is 0 Å². The van der Waals surface area contributed by atoms with Crippen molar-refractivity contribution in [2.45, 2.75) is 44.7 Å². The van der Waals surface area contributed by atoms with Crippen molar-refractivity contribution in [1.29, 1.82) is 0 Å². The molecule has 0 amide bonds. The van der Waals surface area contributed by atoms with E-state index in [0.717, 1.165) is 12.8 Å². The highest BCUT2D eigenvalue weighted by Crippen LogP contribution is 2.39. The summed E-state index contributed by atoms with van der Waals surface area (Å²) in [6, 6.07) is 6.47. The van der Waals surface area contributed by atoms with E-state index in [1.807, 2.05) is 6.92 Å². The van der Waals surface area contributed by atoms with E-state index >= 15 is 0 Å².